The SMILES string of the molecule is O=c1scc(O)n1CCCN1CCN(c2cccc(Cl)c2)CC1. The highest BCUT2D eigenvalue weighted by molar-refractivity contribution is 7.07. The molecule has 1 aliphatic rings. The molecule has 2 aromatic rings. The molecule has 0 unspecified atom stereocenters. The van der Waals surface area contributed by atoms with E-state index < -0.39 is 0 Å². The van der Waals surface area contributed by atoms with Crippen molar-refractivity contribution in [3.8, 4) is 5.88 Å². The van der Waals surface area contributed by atoms with Gasteiger partial charge in [0.1, 0.15) is 0 Å². The number of aromatic hydroxyl groups is 1. The first-order chi connectivity index (χ1) is 11.1. The van der Waals surface area contributed by atoms with E-state index in [4.69, 9.17) is 11.6 Å². The van der Waals surface area contributed by atoms with Gasteiger partial charge in [-0.15, -0.1) is 0 Å². The van der Waals surface area contributed by atoms with Gasteiger partial charge in [-0.1, -0.05) is 29.0 Å². The molecule has 23 heavy (non-hydrogen) atoms. The number of anilines is 1. The van der Waals surface area contributed by atoms with Crippen LogP contribution in [-0.4, -0.2) is 47.3 Å². The lowest BCUT2D eigenvalue weighted by molar-refractivity contribution is 0.248. The molecule has 0 amide bonds. The Labute approximate surface area is 144 Å². The average Bonchev–Trinajstić information content (AvgIpc) is 2.87. The summed E-state index contributed by atoms with van der Waals surface area (Å²) in [5, 5.41) is 11.9. The summed E-state index contributed by atoms with van der Waals surface area (Å²) >= 11 is 7.09. The molecule has 7 heteroatoms. The number of piperazine rings is 1. The molecule has 1 N–H and O–H groups in total. The predicted octanol–water partition coefficient (Wildman–Crippen LogP) is 2.48. The molecule has 1 fully saturated rings. The molecule has 124 valence electrons. The van der Waals surface area contributed by atoms with E-state index in [9.17, 15) is 9.90 Å². The third-order valence-corrected chi connectivity index (χ3v) is 5.15. The van der Waals surface area contributed by atoms with Crippen LogP contribution in [0.3, 0.4) is 0 Å². The van der Waals surface area contributed by atoms with Crippen LogP contribution in [0.4, 0.5) is 5.69 Å². The van der Waals surface area contributed by atoms with Crippen LogP contribution in [0.25, 0.3) is 0 Å². The first-order valence-electron chi connectivity index (χ1n) is 7.73. The monoisotopic (exact) mass is 353 g/mol. The summed E-state index contributed by atoms with van der Waals surface area (Å²) < 4.78 is 1.44. The molecule has 0 aliphatic carbocycles. The van der Waals surface area contributed by atoms with Gasteiger partial charge in [0.2, 0.25) is 5.88 Å². The van der Waals surface area contributed by atoms with Crippen LogP contribution in [0, 0.1) is 0 Å². The predicted molar refractivity (Wildman–Crippen MR) is 95.0 cm³/mol. The molecule has 1 aliphatic heterocycles. The Kier molecular flexibility index (Phi) is 5.25. The van der Waals surface area contributed by atoms with E-state index in [2.05, 4.69) is 15.9 Å². The molecule has 1 saturated heterocycles. The quantitative estimate of drug-likeness (QED) is 0.897. The summed E-state index contributed by atoms with van der Waals surface area (Å²) in [4.78, 5) is 16.2. The van der Waals surface area contributed by atoms with Crippen molar-refractivity contribution in [2.24, 2.45) is 0 Å². The van der Waals surface area contributed by atoms with Crippen LogP contribution in [-0.2, 0) is 6.54 Å². The second kappa shape index (κ2) is 7.38. The van der Waals surface area contributed by atoms with Crippen molar-refractivity contribution in [2.75, 3.05) is 37.6 Å². The van der Waals surface area contributed by atoms with E-state index in [0.717, 1.165) is 55.5 Å². The Morgan fingerprint density at radius 3 is 2.61 bits per heavy atom. The summed E-state index contributed by atoms with van der Waals surface area (Å²) in [5.41, 5.74) is 1.17. The number of nitrogens with zero attached hydrogens (tertiary/aromatic N) is 3. The van der Waals surface area contributed by atoms with Gasteiger partial charge < -0.3 is 10.0 Å². The smallest absolute Gasteiger partial charge is 0.309 e. The second-order valence-corrected chi connectivity index (χ2v) is 6.93. The van der Waals surface area contributed by atoms with Gasteiger partial charge in [0.15, 0.2) is 0 Å². The molecular weight excluding hydrogens is 334 g/mol. The second-order valence-electron chi connectivity index (χ2n) is 5.67. The fraction of sp³-hybridized carbons (Fsp3) is 0.438. The zero-order chi connectivity index (χ0) is 16.2. The lowest BCUT2D eigenvalue weighted by Gasteiger charge is -2.36. The summed E-state index contributed by atoms with van der Waals surface area (Å²) in [7, 11) is 0. The maximum absolute atomic E-state index is 11.5. The van der Waals surface area contributed by atoms with Gasteiger partial charge in [-0.3, -0.25) is 14.3 Å². The summed E-state index contributed by atoms with van der Waals surface area (Å²) in [6.07, 6.45) is 0.862. The van der Waals surface area contributed by atoms with Crippen LogP contribution < -0.4 is 9.77 Å². The lowest BCUT2D eigenvalue weighted by atomic mass is 10.2. The maximum atomic E-state index is 11.5. The average molecular weight is 354 g/mol. The summed E-state index contributed by atoms with van der Waals surface area (Å²) in [6.45, 7) is 5.45. The molecule has 0 radical (unpaired) electrons. The molecular formula is C16H20ClN3O2S. The molecule has 0 saturated carbocycles. The van der Waals surface area contributed by atoms with Gasteiger partial charge in [0.05, 0.1) is 5.38 Å². The Morgan fingerprint density at radius 2 is 1.96 bits per heavy atom. The van der Waals surface area contributed by atoms with Gasteiger partial charge in [0, 0.05) is 43.4 Å². The first kappa shape index (κ1) is 16.4. The van der Waals surface area contributed by atoms with Gasteiger partial charge >= 0.3 is 4.87 Å². The Morgan fingerprint density at radius 1 is 1.17 bits per heavy atom. The van der Waals surface area contributed by atoms with Crippen molar-refractivity contribution in [3.05, 3.63) is 44.3 Å². The maximum Gasteiger partial charge on any atom is 0.309 e. The number of hydrogen-bond acceptors (Lipinski definition) is 5. The van der Waals surface area contributed by atoms with E-state index in [0.29, 0.717) is 6.54 Å². The van der Waals surface area contributed by atoms with E-state index in [1.807, 2.05) is 18.2 Å². The number of thiazole rings is 1. The standard InChI is InChI=1S/C16H20ClN3O2S/c17-13-3-1-4-14(11-13)19-9-7-18(8-10-19)5-2-6-20-15(21)12-23-16(20)22/h1,3-4,11-12,21H,2,5-10H2. The number of benzene rings is 1. The van der Waals surface area contributed by atoms with E-state index in [1.54, 1.807) is 0 Å². The highest BCUT2D eigenvalue weighted by atomic mass is 35.5. The zero-order valence-corrected chi connectivity index (χ0v) is 14.4. The largest absolute Gasteiger partial charge is 0.494 e. The van der Waals surface area contributed by atoms with Gasteiger partial charge in [-0.05, 0) is 31.2 Å². The highest BCUT2D eigenvalue weighted by Gasteiger charge is 2.17. The van der Waals surface area contributed by atoms with Crippen molar-refractivity contribution in [1.82, 2.24) is 9.47 Å². The molecule has 3 rings (SSSR count). The minimum Gasteiger partial charge on any atom is -0.494 e. The molecule has 0 bridgehead atoms. The molecule has 0 spiro atoms. The fourth-order valence-electron chi connectivity index (χ4n) is 2.88. The van der Waals surface area contributed by atoms with E-state index >= 15 is 0 Å². The van der Waals surface area contributed by atoms with E-state index in [1.165, 1.54) is 15.6 Å². The van der Waals surface area contributed by atoms with Gasteiger partial charge in [0.25, 0.3) is 0 Å². The third kappa shape index (κ3) is 4.07. The molecule has 5 nitrogen and oxygen atoms in total. The minimum atomic E-state index is -0.0896. The molecule has 2 heterocycles. The number of rotatable bonds is 5. The molecule has 1 aromatic carbocycles. The topological polar surface area (TPSA) is 48.7 Å². The van der Waals surface area contributed by atoms with Crippen LogP contribution in [0.2, 0.25) is 5.02 Å². The van der Waals surface area contributed by atoms with Crippen LogP contribution in [0.15, 0.2) is 34.4 Å². The van der Waals surface area contributed by atoms with Crippen molar-refractivity contribution in [3.63, 3.8) is 0 Å². The highest BCUT2D eigenvalue weighted by Crippen LogP contribution is 2.20. The Hall–Kier alpha value is -1.50. The van der Waals surface area contributed by atoms with Crippen molar-refractivity contribution >= 4 is 28.6 Å². The van der Waals surface area contributed by atoms with Gasteiger partial charge in [-0.2, -0.15) is 0 Å². The van der Waals surface area contributed by atoms with Gasteiger partial charge in [-0.25, -0.2) is 0 Å². The fourth-order valence-corrected chi connectivity index (χ4v) is 3.71. The van der Waals surface area contributed by atoms with E-state index in [-0.39, 0.29) is 10.8 Å². The number of hydrogen-bond donors (Lipinski definition) is 1. The summed E-state index contributed by atoms with van der Waals surface area (Å²) in [5.74, 6) is 0.0748. The van der Waals surface area contributed by atoms with Crippen molar-refractivity contribution in [2.45, 2.75) is 13.0 Å². The normalized spacial score (nSPS) is 16.0. The van der Waals surface area contributed by atoms with Crippen LogP contribution in [0.5, 0.6) is 5.88 Å². The third-order valence-electron chi connectivity index (χ3n) is 4.16. The molecule has 0 atom stereocenters. The van der Waals surface area contributed by atoms with Crippen LogP contribution >= 0.6 is 22.9 Å². The minimum absolute atomic E-state index is 0.0748. The Balaban J connectivity index is 1.45. The van der Waals surface area contributed by atoms with Crippen molar-refractivity contribution < 1.29 is 5.11 Å². The zero-order valence-electron chi connectivity index (χ0n) is 12.8. The van der Waals surface area contributed by atoms with Crippen molar-refractivity contribution in [1.29, 1.82) is 0 Å². The first-order valence-corrected chi connectivity index (χ1v) is 8.99. The number of halogens is 1. The Bertz CT molecular complexity index is 707. The van der Waals surface area contributed by atoms with Crippen LogP contribution in [0.1, 0.15) is 6.42 Å². The molecule has 1 aromatic heterocycles. The number of aromatic nitrogens is 1. The lowest BCUT2D eigenvalue weighted by Crippen LogP contribution is -2.46. The summed E-state index contributed by atoms with van der Waals surface area (Å²) in [6, 6.07) is 7.97.